The zero-order chi connectivity index (χ0) is 25.7. The van der Waals surface area contributed by atoms with Gasteiger partial charge in [-0.25, -0.2) is 0 Å². The Morgan fingerprint density at radius 2 is 1.66 bits per heavy atom. The first kappa shape index (κ1) is 27.7. The summed E-state index contributed by atoms with van der Waals surface area (Å²) in [4.78, 5) is 14.7. The van der Waals surface area contributed by atoms with Crippen LogP contribution in [0.1, 0.15) is 104 Å². The Morgan fingerprint density at radius 1 is 0.971 bits per heavy atom. The van der Waals surface area contributed by atoms with E-state index in [2.05, 4.69) is 70.6 Å². The quantitative estimate of drug-likeness (QED) is 0.414. The van der Waals surface area contributed by atoms with E-state index in [0.29, 0.717) is 11.8 Å². The average Bonchev–Trinajstić information content (AvgIpc) is 2.84. The molecule has 0 aromatic carbocycles. The number of fused-ring (bicyclic) bond motifs is 1. The molecule has 0 N–H and O–H groups in total. The van der Waals surface area contributed by atoms with Crippen molar-refractivity contribution < 1.29 is 9.47 Å². The van der Waals surface area contributed by atoms with Gasteiger partial charge in [0.25, 0.3) is 0 Å². The van der Waals surface area contributed by atoms with Crippen LogP contribution in [0.4, 0.5) is 0 Å². The minimum atomic E-state index is -0.0109. The topological polar surface area (TPSA) is 50.7 Å². The van der Waals surface area contributed by atoms with E-state index in [0.717, 1.165) is 50.4 Å². The zero-order valence-corrected chi connectivity index (χ0v) is 23.4. The lowest BCUT2D eigenvalue weighted by Crippen LogP contribution is -2.33. The molecule has 0 fully saturated rings. The van der Waals surface area contributed by atoms with Crippen LogP contribution < -0.4 is 0 Å². The van der Waals surface area contributed by atoms with E-state index < -0.39 is 0 Å². The maximum absolute atomic E-state index is 5.65. The maximum Gasteiger partial charge on any atom is 0.0965 e. The van der Waals surface area contributed by atoms with Crippen molar-refractivity contribution >= 4 is 0 Å². The molecule has 3 heterocycles. The molecule has 0 bridgehead atoms. The van der Waals surface area contributed by atoms with Gasteiger partial charge >= 0.3 is 0 Å². The van der Waals surface area contributed by atoms with E-state index >= 15 is 0 Å². The molecule has 3 atom stereocenters. The summed E-state index contributed by atoms with van der Waals surface area (Å²) in [5.74, 6) is 0.846. The van der Waals surface area contributed by atoms with Gasteiger partial charge in [-0.2, -0.15) is 0 Å². The number of nitrogens with zero attached hydrogens (tertiary/aromatic N) is 4. The summed E-state index contributed by atoms with van der Waals surface area (Å²) in [6.45, 7) is 14.9. The molecule has 0 spiro atoms. The fourth-order valence-electron chi connectivity index (χ4n) is 5.01. The smallest absolute Gasteiger partial charge is 0.0965 e. The number of hydrogen-bond acceptors (Lipinski definition) is 6. The van der Waals surface area contributed by atoms with E-state index in [1.165, 1.54) is 27.9 Å². The molecular formula is C29H46N4O2. The van der Waals surface area contributed by atoms with E-state index in [-0.39, 0.29) is 12.2 Å². The predicted octanol–water partition coefficient (Wildman–Crippen LogP) is 5.63. The molecule has 6 heteroatoms. The summed E-state index contributed by atoms with van der Waals surface area (Å²) < 4.78 is 11.3. The SMILES string of the molecule is COC(C)c1nc2c(cc1C(C)C)CCN(CCC(C)c1cc(CN(C)C)cnc1C(C)OC)C2. The Labute approximate surface area is 213 Å². The highest BCUT2D eigenvalue weighted by Crippen LogP contribution is 2.32. The standard InChI is InChI=1S/C29H46N4O2/c1-19(2)25-15-24-11-13-33(18-27(24)31-29(25)22(5)35-9)12-10-20(3)26-14-23(17-32(6)7)16-30-28(26)21(4)34-8/h14-16,19-22H,10-13,17-18H2,1-9H3. The van der Waals surface area contributed by atoms with Gasteiger partial charge in [0.05, 0.1) is 29.3 Å². The van der Waals surface area contributed by atoms with Crippen LogP contribution in [0, 0.1) is 0 Å². The number of ether oxygens (including phenoxy) is 2. The first-order valence-corrected chi connectivity index (χ1v) is 13.1. The third kappa shape index (κ3) is 6.88. The lowest BCUT2D eigenvalue weighted by atomic mass is 9.91. The third-order valence-corrected chi connectivity index (χ3v) is 7.34. The van der Waals surface area contributed by atoms with Crippen LogP contribution in [0.25, 0.3) is 0 Å². The van der Waals surface area contributed by atoms with Crippen LogP contribution in [0.15, 0.2) is 18.3 Å². The van der Waals surface area contributed by atoms with E-state index in [9.17, 15) is 0 Å². The molecule has 1 aliphatic heterocycles. The molecule has 35 heavy (non-hydrogen) atoms. The Hall–Kier alpha value is -1.86. The van der Waals surface area contributed by atoms with Gasteiger partial charge in [0.15, 0.2) is 0 Å². The first-order valence-electron chi connectivity index (χ1n) is 13.1. The van der Waals surface area contributed by atoms with Crippen molar-refractivity contribution in [2.45, 2.75) is 84.6 Å². The molecule has 3 unspecified atom stereocenters. The fraction of sp³-hybridized carbons (Fsp3) is 0.655. The minimum absolute atomic E-state index is 0.0104. The first-order chi connectivity index (χ1) is 16.6. The summed E-state index contributed by atoms with van der Waals surface area (Å²) in [6.07, 6.45) is 4.14. The van der Waals surface area contributed by atoms with Crippen LogP contribution in [0.5, 0.6) is 0 Å². The van der Waals surface area contributed by atoms with Gasteiger partial charge in [0, 0.05) is 40.1 Å². The third-order valence-electron chi connectivity index (χ3n) is 7.34. The summed E-state index contributed by atoms with van der Waals surface area (Å²) >= 11 is 0. The Morgan fingerprint density at radius 3 is 2.29 bits per heavy atom. The van der Waals surface area contributed by atoms with Crippen LogP contribution in [-0.4, -0.2) is 61.2 Å². The Balaban J connectivity index is 1.75. The van der Waals surface area contributed by atoms with Crippen molar-refractivity contribution in [3.63, 3.8) is 0 Å². The van der Waals surface area contributed by atoms with E-state index in [4.69, 9.17) is 19.4 Å². The molecule has 1 aliphatic rings. The molecular weight excluding hydrogens is 436 g/mol. The van der Waals surface area contributed by atoms with Crippen LogP contribution in [0.2, 0.25) is 0 Å². The summed E-state index contributed by atoms with van der Waals surface area (Å²) in [7, 11) is 7.72. The highest BCUT2D eigenvalue weighted by atomic mass is 16.5. The number of hydrogen-bond donors (Lipinski definition) is 0. The predicted molar refractivity (Wildman–Crippen MR) is 143 cm³/mol. The van der Waals surface area contributed by atoms with Gasteiger partial charge in [0.1, 0.15) is 0 Å². The number of rotatable bonds is 11. The molecule has 2 aromatic rings. The fourth-order valence-corrected chi connectivity index (χ4v) is 5.01. The average molecular weight is 483 g/mol. The Kier molecular flexibility index (Phi) is 9.82. The molecule has 2 aromatic heterocycles. The van der Waals surface area contributed by atoms with Crippen molar-refractivity contribution in [2.75, 3.05) is 41.4 Å². The number of methoxy groups -OCH3 is 2. The lowest BCUT2D eigenvalue weighted by molar-refractivity contribution is 0.114. The minimum Gasteiger partial charge on any atom is -0.375 e. The van der Waals surface area contributed by atoms with E-state index in [1.54, 1.807) is 14.2 Å². The van der Waals surface area contributed by atoms with Crippen molar-refractivity contribution in [1.29, 1.82) is 0 Å². The summed E-state index contributed by atoms with van der Waals surface area (Å²) in [5, 5.41) is 0. The summed E-state index contributed by atoms with van der Waals surface area (Å²) in [5.41, 5.74) is 8.67. The van der Waals surface area contributed by atoms with Gasteiger partial charge in [-0.05, 0) is 81.4 Å². The van der Waals surface area contributed by atoms with Gasteiger partial charge in [-0.3, -0.25) is 14.9 Å². The Bertz CT molecular complexity index is 975. The van der Waals surface area contributed by atoms with Crippen molar-refractivity contribution in [2.24, 2.45) is 0 Å². The van der Waals surface area contributed by atoms with Gasteiger partial charge < -0.3 is 14.4 Å². The lowest BCUT2D eigenvalue weighted by Gasteiger charge is -2.31. The normalized spacial score (nSPS) is 17.0. The molecule has 0 saturated heterocycles. The molecule has 0 radical (unpaired) electrons. The maximum atomic E-state index is 5.65. The molecule has 0 saturated carbocycles. The van der Waals surface area contributed by atoms with Crippen molar-refractivity contribution in [1.82, 2.24) is 19.8 Å². The second-order valence-corrected chi connectivity index (χ2v) is 10.8. The molecule has 0 aliphatic carbocycles. The second-order valence-electron chi connectivity index (χ2n) is 10.8. The van der Waals surface area contributed by atoms with Gasteiger partial charge in [-0.15, -0.1) is 0 Å². The van der Waals surface area contributed by atoms with Crippen LogP contribution >= 0.6 is 0 Å². The van der Waals surface area contributed by atoms with Gasteiger partial charge in [0.2, 0.25) is 0 Å². The number of pyridine rings is 2. The highest BCUT2D eigenvalue weighted by molar-refractivity contribution is 5.35. The van der Waals surface area contributed by atoms with Crippen LogP contribution in [-0.2, 0) is 29.0 Å². The largest absolute Gasteiger partial charge is 0.375 e. The second kappa shape index (κ2) is 12.4. The number of aromatic nitrogens is 2. The van der Waals surface area contributed by atoms with Crippen LogP contribution in [0.3, 0.4) is 0 Å². The van der Waals surface area contributed by atoms with Crippen molar-refractivity contribution in [3.8, 4) is 0 Å². The monoisotopic (exact) mass is 482 g/mol. The van der Waals surface area contributed by atoms with E-state index in [1.807, 2.05) is 6.20 Å². The van der Waals surface area contributed by atoms with Gasteiger partial charge in [-0.1, -0.05) is 32.9 Å². The highest BCUT2D eigenvalue weighted by Gasteiger charge is 2.24. The molecule has 3 rings (SSSR count). The molecule has 6 nitrogen and oxygen atoms in total. The molecule has 194 valence electrons. The van der Waals surface area contributed by atoms with Crippen molar-refractivity contribution in [3.05, 3.63) is 57.7 Å². The summed E-state index contributed by atoms with van der Waals surface area (Å²) in [6, 6.07) is 4.72. The molecule has 0 amide bonds. The zero-order valence-electron chi connectivity index (χ0n) is 23.4.